The number of esters is 1. The monoisotopic (exact) mass is 538 g/mol. The van der Waals surface area contributed by atoms with E-state index in [-0.39, 0.29) is 12.2 Å². The average Bonchev–Trinajstić information content (AvgIpc) is 2.83. The normalized spacial score (nSPS) is 10.8. The molecule has 0 saturated heterocycles. The van der Waals surface area contributed by atoms with Crippen LogP contribution in [-0.2, 0) is 16.1 Å². The molecule has 6 nitrogen and oxygen atoms in total. The zero-order valence-electron chi connectivity index (χ0n) is 18.2. The smallest absolute Gasteiger partial charge is 0.338 e. The maximum Gasteiger partial charge on any atom is 0.338 e. The van der Waals surface area contributed by atoms with Crippen LogP contribution in [0.2, 0.25) is 5.02 Å². The Hall–Kier alpha value is -3.60. The lowest BCUT2D eigenvalue weighted by molar-refractivity contribution is -0.112. The number of nitriles is 1. The second-order valence-corrected chi connectivity index (χ2v) is 8.25. The summed E-state index contributed by atoms with van der Waals surface area (Å²) in [5.74, 6) is -0.547. The number of carbonyl (C=O) groups is 2. The Morgan fingerprint density at radius 1 is 1.12 bits per heavy atom. The number of anilines is 1. The van der Waals surface area contributed by atoms with Crippen molar-refractivity contribution >= 4 is 51.2 Å². The zero-order valence-corrected chi connectivity index (χ0v) is 20.5. The number of hydrogen-bond acceptors (Lipinski definition) is 5. The molecule has 34 heavy (non-hydrogen) atoms. The molecule has 3 rings (SSSR count). The van der Waals surface area contributed by atoms with Crippen molar-refractivity contribution in [3.8, 4) is 11.8 Å². The molecule has 0 aliphatic carbocycles. The van der Waals surface area contributed by atoms with Crippen molar-refractivity contribution in [2.75, 3.05) is 11.9 Å². The van der Waals surface area contributed by atoms with Gasteiger partial charge >= 0.3 is 5.97 Å². The van der Waals surface area contributed by atoms with E-state index in [1.807, 2.05) is 30.3 Å². The molecule has 0 aromatic heterocycles. The third-order valence-electron chi connectivity index (χ3n) is 4.63. The number of halogens is 2. The van der Waals surface area contributed by atoms with E-state index in [1.165, 1.54) is 18.2 Å². The molecule has 8 heteroatoms. The third-order valence-corrected chi connectivity index (χ3v) is 5.70. The highest BCUT2D eigenvalue weighted by Gasteiger charge is 2.12. The Morgan fingerprint density at radius 3 is 2.50 bits per heavy atom. The number of amides is 1. The van der Waals surface area contributed by atoms with Gasteiger partial charge in [0.1, 0.15) is 24.0 Å². The summed E-state index contributed by atoms with van der Waals surface area (Å²) in [5.41, 5.74) is 2.25. The molecule has 0 bridgehead atoms. The Kier molecular flexibility index (Phi) is 8.86. The Balaban J connectivity index is 1.67. The van der Waals surface area contributed by atoms with Gasteiger partial charge in [-0.05, 0) is 61.0 Å². The number of hydrogen-bond donors (Lipinski definition) is 1. The molecule has 0 radical (unpaired) electrons. The maximum absolute atomic E-state index is 12.6. The van der Waals surface area contributed by atoms with Crippen molar-refractivity contribution in [2.24, 2.45) is 0 Å². The van der Waals surface area contributed by atoms with Gasteiger partial charge in [-0.15, -0.1) is 0 Å². The van der Waals surface area contributed by atoms with Gasteiger partial charge in [0, 0.05) is 15.7 Å². The average molecular weight is 540 g/mol. The van der Waals surface area contributed by atoms with Crippen molar-refractivity contribution in [2.45, 2.75) is 13.5 Å². The van der Waals surface area contributed by atoms with Crippen LogP contribution in [0.25, 0.3) is 6.08 Å². The Morgan fingerprint density at radius 2 is 1.85 bits per heavy atom. The van der Waals surface area contributed by atoms with Crippen molar-refractivity contribution < 1.29 is 19.1 Å². The predicted molar refractivity (Wildman–Crippen MR) is 135 cm³/mol. The number of rotatable bonds is 8. The zero-order chi connectivity index (χ0) is 24.5. The lowest BCUT2D eigenvalue weighted by Gasteiger charge is -2.10. The van der Waals surface area contributed by atoms with Crippen LogP contribution in [0, 0.1) is 11.3 Å². The molecule has 3 aromatic rings. The molecule has 0 spiro atoms. The number of benzene rings is 3. The molecule has 1 N–H and O–H groups in total. The molecule has 0 aliphatic heterocycles. The summed E-state index contributed by atoms with van der Waals surface area (Å²) in [6, 6.07) is 20.8. The number of nitrogens with one attached hydrogen (secondary N) is 1. The molecule has 0 saturated carbocycles. The van der Waals surface area contributed by atoms with Gasteiger partial charge in [-0.25, -0.2) is 4.79 Å². The van der Waals surface area contributed by atoms with Gasteiger partial charge < -0.3 is 14.8 Å². The summed E-state index contributed by atoms with van der Waals surface area (Å²) in [6.07, 6.45) is 1.44. The highest BCUT2D eigenvalue weighted by molar-refractivity contribution is 9.10. The van der Waals surface area contributed by atoms with Crippen LogP contribution in [0.1, 0.15) is 28.4 Å². The van der Waals surface area contributed by atoms with Crippen molar-refractivity contribution in [1.82, 2.24) is 0 Å². The molecular formula is C26H20BrClN2O4. The summed E-state index contributed by atoms with van der Waals surface area (Å²) in [7, 11) is 0. The minimum absolute atomic E-state index is 0.104. The molecule has 3 aromatic carbocycles. The van der Waals surface area contributed by atoms with Crippen molar-refractivity contribution in [3.63, 3.8) is 0 Å². The quantitative estimate of drug-likeness (QED) is 0.203. The minimum Gasteiger partial charge on any atom is -0.487 e. The maximum atomic E-state index is 12.6. The fourth-order valence-electron chi connectivity index (χ4n) is 2.91. The summed E-state index contributed by atoms with van der Waals surface area (Å²) in [4.78, 5) is 24.3. The topological polar surface area (TPSA) is 88.4 Å². The van der Waals surface area contributed by atoms with Crippen LogP contribution >= 0.6 is 27.5 Å². The molecule has 1 amide bonds. The van der Waals surface area contributed by atoms with Gasteiger partial charge in [-0.1, -0.05) is 51.8 Å². The number of carbonyl (C=O) groups excluding carboxylic acids is 2. The third kappa shape index (κ3) is 6.70. The van der Waals surface area contributed by atoms with E-state index in [4.69, 9.17) is 21.1 Å². The van der Waals surface area contributed by atoms with E-state index in [2.05, 4.69) is 21.2 Å². The molecule has 0 heterocycles. The predicted octanol–water partition coefficient (Wildman–Crippen LogP) is 6.40. The van der Waals surface area contributed by atoms with Gasteiger partial charge in [0.15, 0.2) is 0 Å². The second kappa shape index (κ2) is 12.0. The van der Waals surface area contributed by atoms with Crippen molar-refractivity contribution in [1.29, 1.82) is 5.26 Å². The largest absolute Gasteiger partial charge is 0.487 e. The molecule has 0 aliphatic rings. The summed E-state index contributed by atoms with van der Waals surface area (Å²) >= 11 is 9.83. The standard InChI is InChI=1S/C26H20BrClN2O4/c1-2-33-26(32)18-8-10-21(11-9-18)30-25(31)20(15-29)13-17-7-12-24(23(28)14-17)34-16-19-5-3-4-6-22(19)27/h3-14H,2,16H2,1H3,(H,30,31)/b20-13+. The lowest BCUT2D eigenvalue weighted by Crippen LogP contribution is -2.13. The molecule has 0 atom stereocenters. The highest BCUT2D eigenvalue weighted by atomic mass is 79.9. The summed E-state index contributed by atoms with van der Waals surface area (Å²) in [5, 5.41) is 12.5. The van der Waals surface area contributed by atoms with Gasteiger partial charge in [0.05, 0.1) is 17.2 Å². The lowest BCUT2D eigenvalue weighted by atomic mass is 10.1. The van der Waals surface area contributed by atoms with Crippen LogP contribution in [-0.4, -0.2) is 18.5 Å². The highest BCUT2D eigenvalue weighted by Crippen LogP contribution is 2.28. The first-order valence-electron chi connectivity index (χ1n) is 10.3. The van der Waals surface area contributed by atoms with Gasteiger partial charge in [-0.2, -0.15) is 5.26 Å². The fourth-order valence-corrected chi connectivity index (χ4v) is 3.56. The first-order valence-corrected chi connectivity index (χ1v) is 11.4. The molecule has 172 valence electrons. The number of nitrogens with zero attached hydrogens (tertiary/aromatic N) is 1. The second-order valence-electron chi connectivity index (χ2n) is 6.99. The van der Waals surface area contributed by atoms with Gasteiger partial charge in [-0.3, -0.25) is 4.79 Å². The van der Waals surface area contributed by atoms with Crippen LogP contribution in [0.4, 0.5) is 5.69 Å². The van der Waals surface area contributed by atoms with E-state index in [9.17, 15) is 14.9 Å². The van der Waals surface area contributed by atoms with E-state index in [0.717, 1.165) is 10.0 Å². The van der Waals surface area contributed by atoms with E-state index >= 15 is 0 Å². The molecule has 0 unspecified atom stereocenters. The Bertz CT molecular complexity index is 1270. The minimum atomic E-state index is -0.586. The van der Waals surface area contributed by atoms with Crippen LogP contribution < -0.4 is 10.1 Å². The van der Waals surface area contributed by atoms with Gasteiger partial charge in [0.2, 0.25) is 0 Å². The van der Waals surface area contributed by atoms with E-state index in [1.54, 1.807) is 37.3 Å². The molecular weight excluding hydrogens is 520 g/mol. The first-order chi connectivity index (χ1) is 16.4. The van der Waals surface area contributed by atoms with Crippen molar-refractivity contribution in [3.05, 3.63) is 98.5 Å². The first kappa shape index (κ1) is 25.0. The van der Waals surface area contributed by atoms with Crippen LogP contribution in [0.15, 0.2) is 76.8 Å². The van der Waals surface area contributed by atoms with E-state index in [0.29, 0.717) is 34.2 Å². The summed E-state index contributed by atoms with van der Waals surface area (Å²) in [6.45, 7) is 2.33. The fraction of sp³-hybridized carbons (Fsp3) is 0.115. The van der Waals surface area contributed by atoms with Gasteiger partial charge in [0.25, 0.3) is 5.91 Å². The number of ether oxygens (including phenoxy) is 2. The van der Waals surface area contributed by atoms with Crippen LogP contribution in [0.3, 0.4) is 0 Å². The Labute approximate surface area is 210 Å². The SMILES string of the molecule is CCOC(=O)c1ccc(NC(=O)/C(C#N)=C/c2ccc(OCc3ccccc3Br)c(Cl)c2)cc1. The van der Waals surface area contributed by atoms with Crippen LogP contribution in [0.5, 0.6) is 5.75 Å². The summed E-state index contributed by atoms with van der Waals surface area (Å²) < 4.78 is 11.7. The molecule has 0 fully saturated rings. The van der Waals surface area contributed by atoms with E-state index < -0.39 is 11.9 Å².